The molecule has 0 bridgehead atoms. The monoisotopic (exact) mass is 277 g/mol. The molecule has 102 valence electrons. The van der Waals surface area contributed by atoms with Gasteiger partial charge in [-0.3, -0.25) is 0 Å². The highest BCUT2D eigenvalue weighted by Crippen LogP contribution is 2.33. The summed E-state index contributed by atoms with van der Waals surface area (Å²) in [6.07, 6.45) is -4.37. The second kappa shape index (κ2) is 4.37. The summed E-state index contributed by atoms with van der Waals surface area (Å²) >= 11 is 0. The highest BCUT2D eigenvalue weighted by atomic mass is 19.4. The Morgan fingerprint density at radius 3 is 2.50 bits per heavy atom. The molecule has 0 amide bonds. The first-order chi connectivity index (χ1) is 9.49. The van der Waals surface area contributed by atoms with E-state index in [1.54, 1.807) is 12.1 Å². The number of rotatable bonds is 1. The predicted octanol–water partition coefficient (Wildman–Crippen LogP) is 4.42. The maximum atomic E-state index is 12.7. The number of ether oxygens (including phenoxy) is 1. The molecule has 20 heavy (non-hydrogen) atoms. The van der Waals surface area contributed by atoms with Gasteiger partial charge in [-0.1, -0.05) is 18.2 Å². The molecule has 1 heterocycles. The van der Waals surface area contributed by atoms with Crippen molar-refractivity contribution < 1.29 is 17.9 Å². The van der Waals surface area contributed by atoms with Crippen LogP contribution in [0.5, 0.6) is 5.75 Å². The van der Waals surface area contributed by atoms with E-state index in [4.69, 9.17) is 4.74 Å². The largest absolute Gasteiger partial charge is 0.494 e. The van der Waals surface area contributed by atoms with Gasteiger partial charge in [0.1, 0.15) is 11.3 Å². The smallest absolute Gasteiger partial charge is 0.416 e. The number of halogens is 3. The standard InChI is InChI=1S/C15H10F3NO/c1-20-13-4-2-3-10-7-9-5-6-11(15(16,17)18)8-12(9)19-14(10)13/h2-8H,1H3. The zero-order valence-electron chi connectivity index (χ0n) is 10.5. The first-order valence-corrected chi connectivity index (χ1v) is 5.94. The van der Waals surface area contributed by atoms with Gasteiger partial charge < -0.3 is 4.74 Å². The van der Waals surface area contributed by atoms with Crippen LogP contribution in [0.3, 0.4) is 0 Å². The van der Waals surface area contributed by atoms with Crippen LogP contribution in [-0.4, -0.2) is 12.1 Å². The number of benzene rings is 2. The molecule has 0 fully saturated rings. The number of fused-ring (bicyclic) bond motifs is 2. The Bertz CT molecular complexity index is 796. The molecule has 0 unspecified atom stereocenters. The van der Waals surface area contributed by atoms with E-state index in [1.165, 1.54) is 13.2 Å². The van der Waals surface area contributed by atoms with Gasteiger partial charge in [-0.15, -0.1) is 0 Å². The molecule has 2 aromatic carbocycles. The molecule has 1 aromatic heterocycles. The lowest BCUT2D eigenvalue weighted by molar-refractivity contribution is -0.137. The summed E-state index contributed by atoms with van der Waals surface area (Å²) in [6.45, 7) is 0. The Balaban J connectivity index is 2.32. The first kappa shape index (κ1) is 12.7. The summed E-state index contributed by atoms with van der Waals surface area (Å²) in [5, 5.41) is 1.50. The Kier molecular flexibility index (Phi) is 2.78. The Labute approximate surface area is 112 Å². The highest BCUT2D eigenvalue weighted by molar-refractivity contribution is 5.95. The van der Waals surface area contributed by atoms with Gasteiger partial charge in [0, 0.05) is 10.8 Å². The van der Waals surface area contributed by atoms with Crippen molar-refractivity contribution in [3.63, 3.8) is 0 Å². The summed E-state index contributed by atoms with van der Waals surface area (Å²) < 4.78 is 43.4. The number of alkyl halides is 3. The van der Waals surface area contributed by atoms with Crippen molar-refractivity contribution in [3.05, 3.63) is 48.0 Å². The van der Waals surface area contributed by atoms with Gasteiger partial charge in [-0.05, 0) is 24.3 Å². The summed E-state index contributed by atoms with van der Waals surface area (Å²) in [5.41, 5.74) is 0.158. The number of aromatic nitrogens is 1. The van der Waals surface area contributed by atoms with Crippen LogP contribution in [0.1, 0.15) is 5.56 Å². The van der Waals surface area contributed by atoms with Crippen molar-refractivity contribution in [2.24, 2.45) is 0 Å². The molecule has 0 aliphatic carbocycles. The molecule has 0 aliphatic rings. The van der Waals surface area contributed by atoms with E-state index in [-0.39, 0.29) is 0 Å². The zero-order chi connectivity index (χ0) is 14.3. The van der Waals surface area contributed by atoms with Crippen molar-refractivity contribution in [2.75, 3.05) is 7.11 Å². The van der Waals surface area contributed by atoms with Crippen LogP contribution in [0.15, 0.2) is 42.5 Å². The van der Waals surface area contributed by atoms with E-state index in [0.29, 0.717) is 22.2 Å². The Morgan fingerprint density at radius 1 is 1.00 bits per heavy atom. The first-order valence-electron chi connectivity index (χ1n) is 5.94. The highest BCUT2D eigenvalue weighted by Gasteiger charge is 2.30. The lowest BCUT2D eigenvalue weighted by atomic mass is 10.1. The second-order valence-corrected chi connectivity index (χ2v) is 4.43. The molecule has 3 rings (SSSR count). The van der Waals surface area contributed by atoms with E-state index < -0.39 is 11.7 Å². The maximum absolute atomic E-state index is 12.7. The molecule has 0 saturated heterocycles. The number of hydrogen-bond acceptors (Lipinski definition) is 2. The van der Waals surface area contributed by atoms with E-state index in [9.17, 15) is 13.2 Å². The summed E-state index contributed by atoms with van der Waals surface area (Å²) in [6, 6.07) is 10.8. The summed E-state index contributed by atoms with van der Waals surface area (Å²) in [7, 11) is 1.51. The third-order valence-corrected chi connectivity index (χ3v) is 3.15. The van der Waals surface area contributed by atoms with Crippen molar-refractivity contribution in [3.8, 4) is 5.75 Å². The van der Waals surface area contributed by atoms with E-state index >= 15 is 0 Å². The number of para-hydroxylation sites is 1. The minimum absolute atomic E-state index is 0.303. The minimum atomic E-state index is -4.37. The fourth-order valence-corrected chi connectivity index (χ4v) is 2.17. The molecule has 0 atom stereocenters. The number of pyridine rings is 1. The summed E-state index contributed by atoms with van der Waals surface area (Å²) in [5.74, 6) is 0.543. The predicted molar refractivity (Wildman–Crippen MR) is 70.8 cm³/mol. The maximum Gasteiger partial charge on any atom is 0.416 e. The SMILES string of the molecule is COc1cccc2cc3ccc(C(F)(F)F)cc3nc12. The molecule has 0 aliphatic heterocycles. The molecular weight excluding hydrogens is 267 g/mol. The van der Waals surface area contributed by atoms with Crippen LogP contribution in [-0.2, 0) is 6.18 Å². The molecule has 0 radical (unpaired) electrons. The third kappa shape index (κ3) is 2.05. The third-order valence-electron chi connectivity index (χ3n) is 3.15. The fraction of sp³-hybridized carbons (Fsp3) is 0.133. The van der Waals surface area contributed by atoms with Crippen LogP contribution < -0.4 is 4.74 Å². The molecular formula is C15H10F3NO. The normalized spacial score (nSPS) is 12.0. The van der Waals surface area contributed by atoms with Gasteiger partial charge in [0.25, 0.3) is 0 Å². The quantitative estimate of drug-likeness (QED) is 0.614. The Morgan fingerprint density at radius 2 is 1.80 bits per heavy atom. The van der Waals surface area contributed by atoms with Gasteiger partial charge in [-0.25, -0.2) is 4.98 Å². The second-order valence-electron chi connectivity index (χ2n) is 4.43. The summed E-state index contributed by atoms with van der Waals surface area (Å²) in [4.78, 5) is 4.30. The van der Waals surface area contributed by atoms with E-state index in [2.05, 4.69) is 4.98 Å². The van der Waals surface area contributed by atoms with E-state index in [1.807, 2.05) is 12.1 Å². The molecule has 0 spiro atoms. The molecule has 2 nitrogen and oxygen atoms in total. The van der Waals surface area contributed by atoms with Crippen molar-refractivity contribution in [2.45, 2.75) is 6.18 Å². The van der Waals surface area contributed by atoms with Gasteiger partial charge in [-0.2, -0.15) is 13.2 Å². The van der Waals surface area contributed by atoms with Crippen molar-refractivity contribution in [1.29, 1.82) is 0 Å². The molecule has 0 N–H and O–H groups in total. The van der Waals surface area contributed by atoms with Crippen LogP contribution in [0, 0.1) is 0 Å². The van der Waals surface area contributed by atoms with Gasteiger partial charge >= 0.3 is 6.18 Å². The lowest BCUT2D eigenvalue weighted by Crippen LogP contribution is -2.04. The van der Waals surface area contributed by atoms with Crippen LogP contribution in [0.25, 0.3) is 21.8 Å². The number of nitrogens with zero attached hydrogens (tertiary/aromatic N) is 1. The average Bonchev–Trinajstić information content (AvgIpc) is 2.42. The molecule has 0 saturated carbocycles. The van der Waals surface area contributed by atoms with Gasteiger partial charge in [0.15, 0.2) is 0 Å². The number of hydrogen-bond donors (Lipinski definition) is 0. The zero-order valence-corrected chi connectivity index (χ0v) is 10.5. The van der Waals surface area contributed by atoms with Gasteiger partial charge in [0.05, 0.1) is 18.2 Å². The molecule has 3 aromatic rings. The van der Waals surface area contributed by atoms with Crippen molar-refractivity contribution >= 4 is 21.8 Å². The van der Waals surface area contributed by atoms with Crippen LogP contribution in [0.4, 0.5) is 13.2 Å². The fourth-order valence-electron chi connectivity index (χ4n) is 2.17. The number of methoxy groups -OCH3 is 1. The van der Waals surface area contributed by atoms with Gasteiger partial charge in [0.2, 0.25) is 0 Å². The Hall–Kier alpha value is -2.30. The van der Waals surface area contributed by atoms with Crippen LogP contribution >= 0.6 is 0 Å². The minimum Gasteiger partial charge on any atom is -0.494 e. The molecule has 5 heteroatoms. The van der Waals surface area contributed by atoms with E-state index in [0.717, 1.165) is 17.5 Å². The average molecular weight is 277 g/mol. The topological polar surface area (TPSA) is 22.1 Å². The lowest BCUT2D eigenvalue weighted by Gasteiger charge is -2.09. The van der Waals surface area contributed by atoms with Crippen LogP contribution in [0.2, 0.25) is 0 Å². The van der Waals surface area contributed by atoms with Crippen molar-refractivity contribution in [1.82, 2.24) is 4.98 Å².